The number of carbonyl (C=O) groups is 1. The van der Waals surface area contributed by atoms with Crippen LogP contribution in [0.2, 0.25) is 0 Å². The van der Waals surface area contributed by atoms with E-state index in [1.165, 1.54) is 4.68 Å². The molecule has 30 heavy (non-hydrogen) atoms. The zero-order chi connectivity index (χ0) is 21.9. The first kappa shape index (κ1) is 21.5. The fourth-order valence-corrected chi connectivity index (χ4v) is 4.98. The van der Waals surface area contributed by atoms with E-state index >= 15 is 0 Å². The van der Waals surface area contributed by atoms with E-state index in [4.69, 9.17) is 0 Å². The summed E-state index contributed by atoms with van der Waals surface area (Å²) in [7, 11) is -2.32. The third kappa shape index (κ3) is 4.51. The van der Waals surface area contributed by atoms with E-state index in [1.807, 2.05) is 25.1 Å². The van der Waals surface area contributed by atoms with Gasteiger partial charge in [0, 0.05) is 26.0 Å². The smallest absolute Gasteiger partial charge is 0.268 e. The Kier molecular flexibility index (Phi) is 6.21. The lowest BCUT2D eigenvalue weighted by molar-refractivity contribution is -0.119. The molecule has 0 bridgehead atoms. The minimum absolute atomic E-state index is 0.116. The lowest BCUT2D eigenvalue weighted by Crippen LogP contribution is -2.41. The maximum absolute atomic E-state index is 13.6. The van der Waals surface area contributed by atoms with Gasteiger partial charge in [0.05, 0.1) is 17.1 Å². The largest absolute Gasteiger partial charge is 0.350 e. The lowest BCUT2D eigenvalue weighted by atomic mass is 10.2. The van der Waals surface area contributed by atoms with Crippen molar-refractivity contribution < 1.29 is 13.2 Å². The summed E-state index contributed by atoms with van der Waals surface area (Å²) in [6, 6.07) is 10.6. The first-order valence-electron chi connectivity index (χ1n) is 9.45. The molecule has 9 heteroatoms. The molecule has 0 aliphatic carbocycles. The molecule has 0 aliphatic heterocycles. The van der Waals surface area contributed by atoms with Crippen molar-refractivity contribution in [2.75, 3.05) is 10.8 Å². The highest BCUT2D eigenvalue weighted by atomic mass is 32.2. The minimum atomic E-state index is -4.01. The molecule has 3 rings (SSSR count). The summed E-state index contributed by atoms with van der Waals surface area (Å²) in [5, 5.41) is 6.99. The van der Waals surface area contributed by atoms with E-state index in [9.17, 15) is 13.2 Å². The highest BCUT2D eigenvalue weighted by molar-refractivity contribution is 7.93. The zero-order valence-electron chi connectivity index (χ0n) is 17.5. The molecule has 0 unspecified atom stereocenters. The Morgan fingerprint density at radius 1 is 1.13 bits per heavy atom. The van der Waals surface area contributed by atoms with Crippen LogP contribution in [-0.4, -0.2) is 35.6 Å². The Balaban J connectivity index is 1.92. The first-order chi connectivity index (χ1) is 14.2. The van der Waals surface area contributed by atoms with Gasteiger partial charge in [0.15, 0.2) is 0 Å². The Labute approximate surface area is 176 Å². The van der Waals surface area contributed by atoms with Crippen LogP contribution in [0.1, 0.15) is 22.5 Å². The molecular weight excluding hydrogens is 402 g/mol. The molecule has 0 aliphatic rings. The van der Waals surface area contributed by atoms with Crippen molar-refractivity contribution in [1.29, 1.82) is 0 Å². The fourth-order valence-electron chi connectivity index (χ4n) is 3.15. The van der Waals surface area contributed by atoms with Crippen molar-refractivity contribution in [2.24, 2.45) is 7.05 Å². The van der Waals surface area contributed by atoms with Crippen molar-refractivity contribution in [3.8, 4) is 0 Å². The van der Waals surface area contributed by atoms with Crippen LogP contribution in [0.25, 0.3) is 0 Å². The van der Waals surface area contributed by atoms with E-state index in [2.05, 4.69) is 15.4 Å². The van der Waals surface area contributed by atoms with Gasteiger partial charge in [-0.05, 0) is 44.5 Å². The number of aryl methyl sites for hydroxylation is 3. The number of benzene rings is 1. The summed E-state index contributed by atoms with van der Waals surface area (Å²) in [5.74, 6) is -0.415. The standard InChI is InChI=1S/C21H25N5O3S/c1-15-7-9-19(10-8-15)26(14-20(27)23-13-18-6-5-11-22-12-18)30(28,29)21-16(2)24-25(4)17(21)3/h5-12H,13-14H2,1-4H3,(H,23,27). The highest BCUT2D eigenvalue weighted by Crippen LogP contribution is 2.27. The van der Waals surface area contributed by atoms with Gasteiger partial charge in [-0.2, -0.15) is 5.10 Å². The zero-order valence-corrected chi connectivity index (χ0v) is 18.3. The number of nitrogens with one attached hydrogen (secondary N) is 1. The van der Waals surface area contributed by atoms with Crippen molar-refractivity contribution in [3.05, 3.63) is 71.3 Å². The Morgan fingerprint density at radius 3 is 2.40 bits per heavy atom. The Bertz CT molecular complexity index is 1140. The monoisotopic (exact) mass is 427 g/mol. The van der Waals surface area contributed by atoms with Crippen molar-refractivity contribution in [2.45, 2.75) is 32.2 Å². The van der Waals surface area contributed by atoms with Crippen LogP contribution < -0.4 is 9.62 Å². The second-order valence-corrected chi connectivity index (χ2v) is 8.91. The molecule has 0 saturated heterocycles. The Morgan fingerprint density at radius 2 is 1.83 bits per heavy atom. The number of nitrogens with zero attached hydrogens (tertiary/aromatic N) is 4. The molecule has 3 aromatic rings. The maximum atomic E-state index is 13.6. The van der Waals surface area contributed by atoms with E-state index < -0.39 is 15.9 Å². The summed E-state index contributed by atoms with van der Waals surface area (Å²) in [4.78, 5) is 16.8. The minimum Gasteiger partial charge on any atom is -0.350 e. The SMILES string of the molecule is Cc1ccc(N(CC(=O)NCc2cccnc2)S(=O)(=O)c2c(C)nn(C)c2C)cc1. The predicted octanol–water partition coefficient (Wildman–Crippen LogP) is 2.25. The van der Waals surface area contributed by atoms with Crippen LogP contribution in [0, 0.1) is 20.8 Å². The second-order valence-electron chi connectivity index (χ2n) is 7.11. The molecule has 2 heterocycles. The molecule has 0 saturated carbocycles. The van der Waals surface area contributed by atoms with Crippen molar-refractivity contribution >= 4 is 21.6 Å². The number of sulfonamides is 1. The predicted molar refractivity (Wildman–Crippen MR) is 114 cm³/mol. The van der Waals surface area contributed by atoms with Gasteiger partial charge in [0.25, 0.3) is 10.0 Å². The Hall–Kier alpha value is -3.20. The summed E-state index contributed by atoms with van der Waals surface area (Å²) < 4.78 is 29.8. The van der Waals surface area contributed by atoms with Crippen LogP contribution in [-0.2, 0) is 28.4 Å². The maximum Gasteiger partial charge on any atom is 0.268 e. The van der Waals surface area contributed by atoms with Gasteiger partial charge in [0.1, 0.15) is 11.4 Å². The van der Waals surface area contributed by atoms with Gasteiger partial charge in [-0.1, -0.05) is 23.8 Å². The molecule has 158 valence electrons. The third-order valence-corrected chi connectivity index (χ3v) is 6.84. The molecule has 2 aromatic heterocycles. The van der Waals surface area contributed by atoms with E-state index in [0.717, 1.165) is 15.4 Å². The molecule has 0 fully saturated rings. The molecule has 0 atom stereocenters. The van der Waals surface area contributed by atoms with E-state index in [0.29, 0.717) is 17.1 Å². The molecule has 1 amide bonds. The first-order valence-corrected chi connectivity index (χ1v) is 10.9. The van der Waals surface area contributed by atoms with Gasteiger partial charge in [-0.25, -0.2) is 8.42 Å². The van der Waals surface area contributed by atoms with Crippen molar-refractivity contribution in [3.63, 3.8) is 0 Å². The fraction of sp³-hybridized carbons (Fsp3) is 0.286. The number of rotatable bonds is 7. The average molecular weight is 428 g/mol. The van der Waals surface area contributed by atoms with Crippen LogP contribution in [0.15, 0.2) is 53.7 Å². The second kappa shape index (κ2) is 8.66. The highest BCUT2D eigenvalue weighted by Gasteiger charge is 2.32. The molecular formula is C21H25N5O3S. The van der Waals surface area contributed by atoms with E-state index in [1.54, 1.807) is 51.5 Å². The average Bonchev–Trinajstić information content (AvgIpc) is 2.98. The van der Waals surface area contributed by atoms with Gasteiger partial charge in [-0.3, -0.25) is 18.8 Å². The molecule has 8 nitrogen and oxygen atoms in total. The van der Waals surface area contributed by atoms with Gasteiger partial charge in [0.2, 0.25) is 5.91 Å². The summed E-state index contributed by atoms with van der Waals surface area (Å²) in [6.45, 7) is 5.18. The summed E-state index contributed by atoms with van der Waals surface area (Å²) in [5.41, 5.74) is 3.14. The summed E-state index contributed by atoms with van der Waals surface area (Å²) >= 11 is 0. The molecule has 0 radical (unpaired) electrons. The van der Waals surface area contributed by atoms with Crippen LogP contribution in [0.5, 0.6) is 0 Å². The number of hydrogen-bond donors (Lipinski definition) is 1. The van der Waals surface area contributed by atoms with Gasteiger partial charge < -0.3 is 5.32 Å². The van der Waals surface area contributed by atoms with E-state index in [-0.39, 0.29) is 18.0 Å². The number of hydrogen-bond acceptors (Lipinski definition) is 5. The van der Waals surface area contributed by atoms with Crippen LogP contribution >= 0.6 is 0 Å². The van der Waals surface area contributed by atoms with Gasteiger partial charge in [-0.15, -0.1) is 0 Å². The topological polar surface area (TPSA) is 97.2 Å². The van der Waals surface area contributed by atoms with Crippen LogP contribution in [0.3, 0.4) is 0 Å². The quantitative estimate of drug-likeness (QED) is 0.624. The van der Waals surface area contributed by atoms with Crippen molar-refractivity contribution in [1.82, 2.24) is 20.1 Å². The lowest BCUT2D eigenvalue weighted by Gasteiger charge is -2.24. The molecule has 0 spiro atoms. The van der Waals surface area contributed by atoms with Crippen LogP contribution in [0.4, 0.5) is 5.69 Å². The molecule has 1 N–H and O–H groups in total. The number of anilines is 1. The van der Waals surface area contributed by atoms with Gasteiger partial charge >= 0.3 is 0 Å². The number of carbonyl (C=O) groups excluding carboxylic acids is 1. The number of pyridine rings is 1. The number of amides is 1. The summed E-state index contributed by atoms with van der Waals surface area (Å²) in [6.07, 6.45) is 3.30. The molecule has 1 aromatic carbocycles. The third-order valence-electron chi connectivity index (χ3n) is 4.81. The number of aromatic nitrogens is 3. The normalized spacial score (nSPS) is 11.3.